The summed E-state index contributed by atoms with van der Waals surface area (Å²) in [7, 11) is 1.80. The quantitative estimate of drug-likeness (QED) is 0.886. The normalized spacial score (nSPS) is 27.3. The molecule has 7 heteroatoms. The zero-order valence-electron chi connectivity index (χ0n) is 14.0. The van der Waals surface area contributed by atoms with Crippen molar-refractivity contribution in [2.75, 3.05) is 13.6 Å². The van der Waals surface area contributed by atoms with Crippen molar-refractivity contribution in [3.63, 3.8) is 0 Å². The number of fused-ring (bicyclic) bond motifs is 1. The first-order chi connectivity index (χ1) is 11.0. The van der Waals surface area contributed by atoms with Crippen molar-refractivity contribution in [2.24, 2.45) is 5.92 Å². The highest BCUT2D eigenvalue weighted by Gasteiger charge is 2.29. The van der Waals surface area contributed by atoms with Crippen molar-refractivity contribution in [3.05, 3.63) is 11.6 Å². The van der Waals surface area contributed by atoms with Crippen LogP contribution < -0.4 is 5.32 Å². The fourth-order valence-electron chi connectivity index (χ4n) is 3.70. The van der Waals surface area contributed by atoms with Gasteiger partial charge >= 0.3 is 6.03 Å². The van der Waals surface area contributed by atoms with Gasteiger partial charge in [0.2, 0.25) is 0 Å². The molecule has 3 atom stereocenters. The molecule has 0 spiro atoms. The van der Waals surface area contributed by atoms with E-state index in [0.29, 0.717) is 6.54 Å². The first kappa shape index (κ1) is 16.2. The Balaban J connectivity index is 1.58. The molecule has 2 aliphatic rings. The summed E-state index contributed by atoms with van der Waals surface area (Å²) >= 11 is 0. The lowest BCUT2D eigenvalue weighted by Gasteiger charge is -2.32. The third-order valence-corrected chi connectivity index (χ3v) is 5.00. The predicted octanol–water partition coefficient (Wildman–Crippen LogP) is 1.61. The number of nitrogens with zero attached hydrogens (tertiary/aromatic N) is 4. The second-order valence-corrected chi connectivity index (χ2v) is 6.88. The fourth-order valence-corrected chi connectivity index (χ4v) is 3.70. The van der Waals surface area contributed by atoms with Gasteiger partial charge in [-0.15, -0.1) is 0 Å². The number of hydrogen-bond donors (Lipinski definition) is 2. The first-order valence-corrected chi connectivity index (χ1v) is 8.65. The molecule has 1 aliphatic heterocycles. The Hall–Kier alpha value is -1.63. The standard InChI is InChI=1S/C16H27N5O2/c1-11-17-15-13(7-5-9-21(15)19-11)18-16(23)20(2)10-12-6-3-4-8-14(12)22/h12-14,22H,3-10H2,1-2H3,(H,18,23). The number of aliphatic hydroxyl groups excluding tert-OH is 1. The van der Waals surface area contributed by atoms with E-state index in [9.17, 15) is 9.90 Å². The van der Waals surface area contributed by atoms with E-state index >= 15 is 0 Å². The lowest BCUT2D eigenvalue weighted by Crippen LogP contribution is -2.45. The molecule has 2 N–H and O–H groups in total. The molecule has 3 unspecified atom stereocenters. The van der Waals surface area contributed by atoms with Crippen molar-refractivity contribution in [2.45, 2.75) is 64.1 Å². The largest absolute Gasteiger partial charge is 0.393 e. The van der Waals surface area contributed by atoms with Gasteiger partial charge in [-0.25, -0.2) is 14.5 Å². The van der Waals surface area contributed by atoms with Crippen LogP contribution in [0.4, 0.5) is 4.79 Å². The Bertz CT molecular complexity index is 559. The van der Waals surface area contributed by atoms with Crippen molar-refractivity contribution >= 4 is 6.03 Å². The number of amides is 2. The highest BCUT2D eigenvalue weighted by Crippen LogP contribution is 2.26. The predicted molar refractivity (Wildman–Crippen MR) is 85.9 cm³/mol. The van der Waals surface area contributed by atoms with Crippen LogP contribution in [0.1, 0.15) is 56.2 Å². The van der Waals surface area contributed by atoms with Crippen LogP contribution in [0.3, 0.4) is 0 Å². The molecule has 1 saturated carbocycles. The molecule has 1 aliphatic carbocycles. The van der Waals surface area contributed by atoms with Crippen molar-refractivity contribution < 1.29 is 9.90 Å². The minimum Gasteiger partial charge on any atom is -0.393 e. The minimum absolute atomic E-state index is 0.0730. The average Bonchev–Trinajstić information content (AvgIpc) is 2.91. The number of aliphatic hydroxyl groups is 1. The van der Waals surface area contributed by atoms with E-state index in [1.165, 1.54) is 0 Å². The molecule has 0 bridgehead atoms. The van der Waals surface area contributed by atoms with Gasteiger partial charge in [0.25, 0.3) is 0 Å². The van der Waals surface area contributed by atoms with Crippen molar-refractivity contribution in [1.82, 2.24) is 25.0 Å². The average molecular weight is 321 g/mol. The molecular weight excluding hydrogens is 294 g/mol. The SMILES string of the molecule is Cc1nc2n(n1)CCCC2NC(=O)N(C)CC1CCCCC1O. The highest BCUT2D eigenvalue weighted by atomic mass is 16.3. The number of aromatic nitrogens is 3. The zero-order chi connectivity index (χ0) is 16.4. The zero-order valence-corrected chi connectivity index (χ0v) is 14.0. The van der Waals surface area contributed by atoms with E-state index in [4.69, 9.17) is 0 Å². The Morgan fingerprint density at radius 3 is 2.91 bits per heavy atom. The molecule has 0 saturated heterocycles. The van der Waals surface area contributed by atoms with Crippen LogP contribution in [-0.2, 0) is 6.54 Å². The second-order valence-electron chi connectivity index (χ2n) is 6.88. The molecule has 1 aromatic rings. The number of rotatable bonds is 3. The summed E-state index contributed by atoms with van der Waals surface area (Å²) in [5.41, 5.74) is 0. The Morgan fingerprint density at radius 1 is 1.35 bits per heavy atom. The van der Waals surface area contributed by atoms with Crippen LogP contribution in [0, 0.1) is 12.8 Å². The van der Waals surface area contributed by atoms with Gasteiger partial charge in [-0.05, 0) is 32.6 Å². The molecule has 2 heterocycles. The molecule has 1 aromatic heterocycles. The maximum absolute atomic E-state index is 12.5. The smallest absolute Gasteiger partial charge is 0.317 e. The summed E-state index contributed by atoms with van der Waals surface area (Å²) in [6.07, 6.45) is 5.68. The summed E-state index contributed by atoms with van der Waals surface area (Å²) in [4.78, 5) is 18.6. The van der Waals surface area contributed by atoms with Gasteiger partial charge in [-0.1, -0.05) is 12.8 Å². The van der Waals surface area contributed by atoms with Gasteiger partial charge < -0.3 is 15.3 Å². The van der Waals surface area contributed by atoms with Crippen LogP contribution in [0.5, 0.6) is 0 Å². The molecule has 3 rings (SSSR count). The van der Waals surface area contributed by atoms with Crippen molar-refractivity contribution in [1.29, 1.82) is 0 Å². The highest BCUT2D eigenvalue weighted by molar-refractivity contribution is 5.74. The maximum atomic E-state index is 12.5. The van der Waals surface area contributed by atoms with Gasteiger partial charge in [-0.2, -0.15) is 5.10 Å². The Labute approximate surface area is 137 Å². The van der Waals surface area contributed by atoms with E-state index in [1.807, 2.05) is 11.6 Å². The van der Waals surface area contributed by atoms with Gasteiger partial charge in [-0.3, -0.25) is 0 Å². The Morgan fingerprint density at radius 2 is 2.13 bits per heavy atom. The van der Waals surface area contributed by atoms with Crippen LogP contribution in [0.25, 0.3) is 0 Å². The van der Waals surface area contributed by atoms with E-state index < -0.39 is 0 Å². The first-order valence-electron chi connectivity index (χ1n) is 8.65. The summed E-state index contributed by atoms with van der Waals surface area (Å²) in [6.45, 7) is 3.35. The number of carbonyl (C=O) groups excluding carboxylic acids is 1. The third-order valence-electron chi connectivity index (χ3n) is 5.00. The summed E-state index contributed by atoms with van der Waals surface area (Å²) < 4.78 is 1.90. The van der Waals surface area contributed by atoms with Gasteiger partial charge in [0, 0.05) is 26.1 Å². The number of nitrogens with one attached hydrogen (secondary N) is 1. The van der Waals surface area contributed by atoms with Crippen LogP contribution in [0.15, 0.2) is 0 Å². The van der Waals surface area contributed by atoms with Gasteiger partial charge in [0.15, 0.2) is 0 Å². The number of carbonyl (C=O) groups is 1. The molecular formula is C16H27N5O2. The van der Waals surface area contributed by atoms with Gasteiger partial charge in [0.05, 0.1) is 12.1 Å². The van der Waals surface area contributed by atoms with E-state index in [1.54, 1.807) is 11.9 Å². The number of hydrogen-bond acceptors (Lipinski definition) is 4. The van der Waals surface area contributed by atoms with E-state index in [-0.39, 0.29) is 24.1 Å². The second kappa shape index (κ2) is 6.86. The lowest BCUT2D eigenvalue weighted by molar-refractivity contribution is 0.0561. The van der Waals surface area contributed by atoms with E-state index in [2.05, 4.69) is 15.4 Å². The monoisotopic (exact) mass is 321 g/mol. The molecule has 23 heavy (non-hydrogen) atoms. The minimum atomic E-state index is -0.278. The topological polar surface area (TPSA) is 83.3 Å². The molecule has 0 radical (unpaired) electrons. The summed E-state index contributed by atoms with van der Waals surface area (Å²) in [5, 5.41) is 17.5. The van der Waals surface area contributed by atoms with Crippen molar-refractivity contribution in [3.8, 4) is 0 Å². The molecule has 7 nitrogen and oxygen atoms in total. The summed E-state index contributed by atoms with van der Waals surface area (Å²) in [5.74, 6) is 1.80. The molecule has 1 fully saturated rings. The Kier molecular flexibility index (Phi) is 4.84. The van der Waals surface area contributed by atoms with Gasteiger partial charge in [0.1, 0.15) is 11.6 Å². The molecule has 2 amide bonds. The van der Waals surface area contributed by atoms with E-state index in [0.717, 1.165) is 56.7 Å². The molecule has 0 aromatic carbocycles. The number of urea groups is 1. The number of aryl methyl sites for hydroxylation is 2. The third kappa shape index (κ3) is 3.65. The molecule has 128 valence electrons. The lowest BCUT2D eigenvalue weighted by atomic mass is 9.86. The fraction of sp³-hybridized carbons (Fsp3) is 0.812. The maximum Gasteiger partial charge on any atom is 0.317 e. The van der Waals surface area contributed by atoms with Crippen LogP contribution in [-0.4, -0.2) is 50.5 Å². The van der Waals surface area contributed by atoms with Crippen LogP contribution >= 0.6 is 0 Å². The summed E-state index contributed by atoms with van der Waals surface area (Å²) in [6, 6.07) is -0.168. The van der Waals surface area contributed by atoms with Crippen LogP contribution in [0.2, 0.25) is 0 Å².